The van der Waals surface area contributed by atoms with E-state index >= 15 is 0 Å². The molecule has 0 saturated carbocycles. The number of likely N-dealkylation sites (tertiary alicyclic amines) is 1. The van der Waals surface area contributed by atoms with Crippen LogP contribution in [-0.4, -0.2) is 41.8 Å². The third-order valence-electron chi connectivity index (χ3n) is 3.02. The number of pyridine rings is 1. The van der Waals surface area contributed by atoms with Gasteiger partial charge in [0.2, 0.25) is 5.88 Å². The summed E-state index contributed by atoms with van der Waals surface area (Å²) in [5.74, 6) is 0.730. The van der Waals surface area contributed by atoms with Crippen LogP contribution in [0.3, 0.4) is 0 Å². The predicted molar refractivity (Wildman–Crippen MR) is 76.3 cm³/mol. The summed E-state index contributed by atoms with van der Waals surface area (Å²) in [4.78, 5) is 17.7. The number of halogens is 1. The van der Waals surface area contributed by atoms with Crippen molar-refractivity contribution in [2.45, 2.75) is 32.3 Å². The number of carbonyl (C=O) groups excluding carboxylic acids is 1. The van der Waals surface area contributed by atoms with Crippen LogP contribution in [0.25, 0.3) is 0 Å². The molecule has 2 rings (SSSR count). The molecular weight excluding hydrogens is 280 g/mol. The SMILES string of the molecule is COc1nc(Cl)ccc1C1CN(C(=O)OC(C)(C)C)C1. The average Bonchev–Trinajstić information content (AvgIpc) is 2.26. The molecule has 0 unspecified atom stereocenters. The first-order chi connectivity index (χ1) is 9.30. The van der Waals surface area contributed by atoms with Crippen molar-refractivity contribution >= 4 is 17.7 Å². The second-order valence-electron chi connectivity index (χ2n) is 5.81. The van der Waals surface area contributed by atoms with Gasteiger partial charge in [-0.25, -0.2) is 9.78 Å². The van der Waals surface area contributed by atoms with Crippen molar-refractivity contribution in [2.75, 3.05) is 20.2 Å². The van der Waals surface area contributed by atoms with Gasteiger partial charge in [0.25, 0.3) is 0 Å². The predicted octanol–water partition coefficient (Wildman–Crippen LogP) is 3.08. The fourth-order valence-corrected chi connectivity index (χ4v) is 2.19. The van der Waals surface area contributed by atoms with Gasteiger partial charge < -0.3 is 14.4 Å². The van der Waals surface area contributed by atoms with E-state index in [2.05, 4.69) is 4.98 Å². The minimum Gasteiger partial charge on any atom is -0.481 e. The van der Waals surface area contributed by atoms with E-state index < -0.39 is 5.60 Å². The molecule has 1 aliphatic rings. The summed E-state index contributed by atoms with van der Waals surface area (Å²) < 4.78 is 10.5. The van der Waals surface area contributed by atoms with Crippen molar-refractivity contribution < 1.29 is 14.3 Å². The largest absolute Gasteiger partial charge is 0.481 e. The Kier molecular flexibility index (Phi) is 4.09. The summed E-state index contributed by atoms with van der Waals surface area (Å²) in [5.41, 5.74) is 0.499. The number of hydrogen-bond donors (Lipinski definition) is 0. The van der Waals surface area contributed by atoms with Crippen LogP contribution < -0.4 is 4.74 Å². The van der Waals surface area contributed by atoms with Crippen molar-refractivity contribution in [1.29, 1.82) is 0 Å². The molecule has 0 N–H and O–H groups in total. The van der Waals surface area contributed by atoms with Gasteiger partial charge in [-0.1, -0.05) is 17.7 Å². The van der Waals surface area contributed by atoms with Crippen molar-refractivity contribution in [3.63, 3.8) is 0 Å². The molecule has 6 heteroatoms. The van der Waals surface area contributed by atoms with E-state index in [1.54, 1.807) is 18.1 Å². The van der Waals surface area contributed by atoms with Crippen LogP contribution in [0.5, 0.6) is 5.88 Å². The van der Waals surface area contributed by atoms with Gasteiger partial charge in [-0.15, -0.1) is 0 Å². The standard InChI is InChI=1S/C14H19ClN2O3/c1-14(2,3)20-13(18)17-7-9(8-17)10-5-6-11(15)16-12(10)19-4/h5-6,9H,7-8H2,1-4H3. The van der Waals surface area contributed by atoms with Crippen LogP contribution >= 0.6 is 11.6 Å². The summed E-state index contributed by atoms with van der Waals surface area (Å²) in [6.07, 6.45) is -0.283. The molecule has 5 nitrogen and oxygen atoms in total. The molecule has 1 amide bonds. The maximum atomic E-state index is 11.9. The zero-order chi connectivity index (χ0) is 14.9. The maximum absolute atomic E-state index is 11.9. The zero-order valence-electron chi connectivity index (χ0n) is 12.1. The molecule has 0 spiro atoms. The van der Waals surface area contributed by atoms with E-state index in [1.807, 2.05) is 26.8 Å². The topological polar surface area (TPSA) is 51.7 Å². The van der Waals surface area contributed by atoms with Gasteiger partial charge in [0.05, 0.1) is 7.11 Å². The molecular formula is C14H19ClN2O3. The van der Waals surface area contributed by atoms with Crippen LogP contribution in [0.4, 0.5) is 4.79 Å². The van der Waals surface area contributed by atoms with E-state index in [4.69, 9.17) is 21.1 Å². The van der Waals surface area contributed by atoms with E-state index in [9.17, 15) is 4.79 Å². The second kappa shape index (κ2) is 5.48. The summed E-state index contributed by atoms with van der Waals surface area (Å²) in [5, 5.41) is 0.397. The Morgan fingerprint density at radius 3 is 2.60 bits per heavy atom. The molecule has 1 fully saturated rings. The van der Waals surface area contributed by atoms with Gasteiger partial charge in [0, 0.05) is 24.6 Å². The van der Waals surface area contributed by atoms with Crippen LogP contribution in [-0.2, 0) is 4.74 Å². The van der Waals surface area contributed by atoms with E-state index in [-0.39, 0.29) is 12.0 Å². The third kappa shape index (κ3) is 3.33. The molecule has 1 aromatic heterocycles. The maximum Gasteiger partial charge on any atom is 0.410 e. The smallest absolute Gasteiger partial charge is 0.410 e. The first-order valence-electron chi connectivity index (χ1n) is 6.48. The fraction of sp³-hybridized carbons (Fsp3) is 0.571. The van der Waals surface area contributed by atoms with E-state index in [0.717, 1.165) is 5.56 Å². The molecule has 1 saturated heterocycles. The highest BCUT2D eigenvalue weighted by atomic mass is 35.5. The van der Waals surface area contributed by atoms with Crippen LogP contribution in [0.15, 0.2) is 12.1 Å². The van der Waals surface area contributed by atoms with Crippen molar-refractivity contribution in [2.24, 2.45) is 0 Å². The van der Waals surface area contributed by atoms with Crippen LogP contribution in [0.1, 0.15) is 32.3 Å². The number of rotatable bonds is 2. The lowest BCUT2D eigenvalue weighted by Crippen LogP contribution is -2.50. The van der Waals surface area contributed by atoms with Crippen molar-refractivity contribution in [3.05, 3.63) is 22.8 Å². The highest BCUT2D eigenvalue weighted by Gasteiger charge is 2.36. The van der Waals surface area contributed by atoms with E-state index in [0.29, 0.717) is 24.1 Å². The molecule has 1 aliphatic heterocycles. The minimum absolute atomic E-state index is 0.210. The summed E-state index contributed by atoms with van der Waals surface area (Å²) in [6, 6.07) is 3.63. The lowest BCUT2D eigenvalue weighted by molar-refractivity contribution is 0.00796. The molecule has 20 heavy (non-hydrogen) atoms. The zero-order valence-corrected chi connectivity index (χ0v) is 12.9. The highest BCUT2D eigenvalue weighted by molar-refractivity contribution is 6.29. The fourth-order valence-electron chi connectivity index (χ4n) is 2.05. The number of hydrogen-bond acceptors (Lipinski definition) is 4. The Morgan fingerprint density at radius 2 is 2.05 bits per heavy atom. The highest BCUT2D eigenvalue weighted by Crippen LogP contribution is 2.33. The first kappa shape index (κ1) is 14.9. The van der Waals surface area contributed by atoms with E-state index in [1.165, 1.54) is 0 Å². The lowest BCUT2D eigenvalue weighted by atomic mass is 9.92. The molecule has 0 atom stereocenters. The normalized spacial score (nSPS) is 15.8. The third-order valence-corrected chi connectivity index (χ3v) is 3.23. The van der Waals surface area contributed by atoms with Gasteiger partial charge in [-0.2, -0.15) is 0 Å². The quantitative estimate of drug-likeness (QED) is 0.787. The van der Waals surface area contributed by atoms with Crippen molar-refractivity contribution in [1.82, 2.24) is 9.88 Å². The molecule has 2 heterocycles. The number of carbonyl (C=O) groups is 1. The van der Waals surface area contributed by atoms with Gasteiger partial charge in [0.1, 0.15) is 10.8 Å². The Morgan fingerprint density at radius 1 is 1.40 bits per heavy atom. The first-order valence-corrected chi connectivity index (χ1v) is 6.86. The number of ether oxygens (including phenoxy) is 2. The van der Waals surface area contributed by atoms with Gasteiger partial charge in [-0.05, 0) is 26.8 Å². The Hall–Kier alpha value is -1.49. The Balaban J connectivity index is 1.98. The summed E-state index contributed by atoms with van der Waals surface area (Å²) in [6.45, 7) is 6.78. The number of aromatic nitrogens is 1. The van der Waals surface area contributed by atoms with Gasteiger partial charge in [0.15, 0.2) is 0 Å². The van der Waals surface area contributed by atoms with Gasteiger partial charge >= 0.3 is 6.09 Å². The molecule has 0 bridgehead atoms. The van der Waals surface area contributed by atoms with Crippen molar-refractivity contribution in [3.8, 4) is 5.88 Å². The molecule has 0 aromatic carbocycles. The van der Waals surface area contributed by atoms with Gasteiger partial charge in [-0.3, -0.25) is 0 Å². The Labute approximate surface area is 123 Å². The second-order valence-corrected chi connectivity index (χ2v) is 6.20. The van der Waals surface area contributed by atoms with Crippen LogP contribution in [0, 0.1) is 0 Å². The molecule has 1 aromatic rings. The number of amides is 1. The average molecular weight is 299 g/mol. The minimum atomic E-state index is -0.471. The Bertz CT molecular complexity index is 508. The number of nitrogens with zero attached hydrogens (tertiary/aromatic N) is 2. The van der Waals surface area contributed by atoms with Crippen LogP contribution in [0.2, 0.25) is 5.15 Å². The number of methoxy groups -OCH3 is 1. The molecule has 0 radical (unpaired) electrons. The molecule has 110 valence electrons. The molecule has 0 aliphatic carbocycles. The summed E-state index contributed by atoms with van der Waals surface area (Å²) >= 11 is 5.84. The summed E-state index contributed by atoms with van der Waals surface area (Å²) in [7, 11) is 1.56. The monoisotopic (exact) mass is 298 g/mol. The lowest BCUT2D eigenvalue weighted by Gasteiger charge is -2.40.